The number of piperidine rings is 1. The molecule has 8 heteroatoms. The van der Waals surface area contributed by atoms with Crippen LogP contribution in [0.5, 0.6) is 0 Å². The van der Waals surface area contributed by atoms with Gasteiger partial charge in [0.1, 0.15) is 11.3 Å². The van der Waals surface area contributed by atoms with Crippen LogP contribution < -0.4 is 0 Å². The fourth-order valence-corrected chi connectivity index (χ4v) is 4.59. The van der Waals surface area contributed by atoms with E-state index in [4.69, 9.17) is 9.72 Å². The molecule has 4 heterocycles. The van der Waals surface area contributed by atoms with Crippen LogP contribution >= 0.6 is 0 Å². The van der Waals surface area contributed by atoms with Gasteiger partial charge in [0, 0.05) is 44.7 Å². The number of rotatable bonds is 2. The van der Waals surface area contributed by atoms with Gasteiger partial charge in [0.05, 0.1) is 12.3 Å². The molecule has 8 nitrogen and oxygen atoms in total. The molecule has 2 aromatic rings. The number of likely N-dealkylation sites (tertiary alicyclic amines) is 1. The molecule has 0 aliphatic carbocycles. The van der Waals surface area contributed by atoms with Crippen molar-refractivity contribution in [1.29, 1.82) is 0 Å². The Balaban J connectivity index is 1.37. The van der Waals surface area contributed by atoms with Gasteiger partial charge >= 0.3 is 0 Å². The maximum absolute atomic E-state index is 13.0. The summed E-state index contributed by atoms with van der Waals surface area (Å²) in [5, 5.41) is 5.45. The fourth-order valence-electron chi connectivity index (χ4n) is 4.59. The molecule has 160 valence electrons. The first-order valence-electron chi connectivity index (χ1n) is 10.7. The summed E-state index contributed by atoms with van der Waals surface area (Å²) in [6.45, 7) is 1.77. The Morgan fingerprint density at radius 3 is 2.61 bits per heavy atom. The Hall–Kier alpha value is -3.13. The Morgan fingerprint density at radius 1 is 1.10 bits per heavy atom. The fraction of sp³-hybridized carbons (Fsp3) is 0.435. The zero-order chi connectivity index (χ0) is 21.4. The maximum atomic E-state index is 13.0. The lowest BCUT2D eigenvalue weighted by Gasteiger charge is -2.44. The molecule has 1 saturated heterocycles. The molecule has 31 heavy (non-hydrogen) atoms. The van der Waals surface area contributed by atoms with Gasteiger partial charge in [-0.1, -0.05) is 30.3 Å². The van der Waals surface area contributed by atoms with Crippen molar-refractivity contribution in [1.82, 2.24) is 19.9 Å². The number of hydrazone groups is 1. The van der Waals surface area contributed by atoms with Gasteiger partial charge in [0.15, 0.2) is 5.82 Å². The zero-order valence-electron chi connectivity index (χ0n) is 17.6. The van der Waals surface area contributed by atoms with Crippen LogP contribution in [-0.4, -0.2) is 64.1 Å². The molecular weight excluding hydrogens is 394 g/mol. The van der Waals surface area contributed by atoms with E-state index in [1.165, 1.54) is 5.01 Å². The standard InChI is InChI=1S/C23H25N5O3/c1-27-19(29)8-7-18(26-27)22(30)28-12-10-23(11-13-28)20-17(9-14-31-23)15-24-21(25-20)16-5-3-2-4-6-16/h2-6,15H,7-14H2,1H3. The van der Waals surface area contributed by atoms with Gasteiger partial charge in [-0.15, -0.1) is 0 Å². The number of ether oxygens (including phenoxy) is 1. The minimum Gasteiger partial charge on any atom is -0.368 e. The first kappa shape index (κ1) is 19.8. The Labute approximate surface area is 180 Å². The quantitative estimate of drug-likeness (QED) is 0.744. The number of nitrogens with zero attached hydrogens (tertiary/aromatic N) is 5. The molecule has 0 saturated carbocycles. The average Bonchev–Trinajstić information content (AvgIpc) is 2.82. The number of benzene rings is 1. The van der Waals surface area contributed by atoms with E-state index < -0.39 is 5.60 Å². The van der Waals surface area contributed by atoms with Crippen molar-refractivity contribution in [3.63, 3.8) is 0 Å². The minimum absolute atomic E-state index is 0.0599. The Bertz CT molecular complexity index is 1040. The van der Waals surface area contributed by atoms with Crippen molar-refractivity contribution in [2.45, 2.75) is 37.7 Å². The van der Waals surface area contributed by atoms with Crippen molar-refractivity contribution >= 4 is 17.5 Å². The molecule has 5 rings (SSSR count). The summed E-state index contributed by atoms with van der Waals surface area (Å²) < 4.78 is 6.32. The van der Waals surface area contributed by atoms with Gasteiger partial charge in [0.25, 0.3) is 5.91 Å². The molecule has 1 aromatic carbocycles. The molecule has 0 radical (unpaired) electrons. The predicted octanol–water partition coefficient (Wildman–Crippen LogP) is 2.14. The molecule has 3 aliphatic heterocycles. The van der Waals surface area contributed by atoms with Gasteiger partial charge in [-0.2, -0.15) is 5.10 Å². The van der Waals surface area contributed by atoms with Gasteiger partial charge in [-0.3, -0.25) is 9.59 Å². The summed E-state index contributed by atoms with van der Waals surface area (Å²) in [7, 11) is 1.59. The number of aromatic nitrogens is 2. The van der Waals surface area contributed by atoms with Gasteiger partial charge < -0.3 is 9.64 Å². The number of hydrogen-bond acceptors (Lipinski definition) is 6. The third-order valence-electron chi connectivity index (χ3n) is 6.39. The van der Waals surface area contributed by atoms with E-state index >= 15 is 0 Å². The highest BCUT2D eigenvalue weighted by atomic mass is 16.5. The van der Waals surface area contributed by atoms with Gasteiger partial charge in [0.2, 0.25) is 5.91 Å². The maximum Gasteiger partial charge on any atom is 0.270 e. The number of amides is 2. The molecule has 0 N–H and O–H groups in total. The molecule has 3 aliphatic rings. The van der Waals surface area contributed by atoms with Crippen LogP contribution in [0, 0.1) is 0 Å². The molecule has 0 unspecified atom stereocenters. The monoisotopic (exact) mass is 419 g/mol. The third kappa shape index (κ3) is 3.61. The highest BCUT2D eigenvalue weighted by molar-refractivity contribution is 6.39. The van der Waals surface area contributed by atoms with Crippen molar-refractivity contribution in [3.8, 4) is 11.4 Å². The van der Waals surface area contributed by atoms with E-state index in [-0.39, 0.29) is 11.8 Å². The topological polar surface area (TPSA) is 88.0 Å². The molecule has 0 bridgehead atoms. The third-order valence-corrected chi connectivity index (χ3v) is 6.39. The molecule has 0 atom stereocenters. The van der Waals surface area contributed by atoms with E-state index in [0.717, 1.165) is 23.2 Å². The van der Waals surface area contributed by atoms with Crippen LogP contribution in [0.15, 0.2) is 41.6 Å². The summed E-state index contributed by atoms with van der Waals surface area (Å²) in [5.41, 5.74) is 3.03. The van der Waals surface area contributed by atoms with E-state index in [1.54, 1.807) is 7.05 Å². The average molecular weight is 419 g/mol. The Morgan fingerprint density at radius 2 is 1.87 bits per heavy atom. The number of carbonyl (C=O) groups is 2. The predicted molar refractivity (Wildman–Crippen MR) is 114 cm³/mol. The molecule has 1 fully saturated rings. The van der Waals surface area contributed by atoms with Gasteiger partial charge in [-0.25, -0.2) is 15.0 Å². The SMILES string of the molecule is CN1N=C(C(=O)N2CCC3(CC2)OCCc2cnc(-c4ccccc4)nc23)CCC1=O. The number of fused-ring (bicyclic) bond motifs is 2. The normalized spacial score (nSPS) is 20.4. The largest absolute Gasteiger partial charge is 0.368 e. The lowest BCUT2D eigenvalue weighted by molar-refractivity contribution is -0.135. The second-order valence-corrected chi connectivity index (χ2v) is 8.28. The molecule has 1 spiro atoms. The van der Waals surface area contributed by atoms with Crippen LogP contribution in [0.4, 0.5) is 0 Å². The number of hydrogen-bond donors (Lipinski definition) is 0. The Kier molecular flexibility index (Phi) is 5.02. The first-order valence-corrected chi connectivity index (χ1v) is 10.7. The molecular formula is C23H25N5O3. The minimum atomic E-state index is -0.488. The molecule has 1 aromatic heterocycles. The van der Waals surface area contributed by atoms with E-state index in [9.17, 15) is 9.59 Å². The van der Waals surface area contributed by atoms with Crippen LogP contribution in [0.1, 0.15) is 36.9 Å². The smallest absolute Gasteiger partial charge is 0.270 e. The van der Waals surface area contributed by atoms with Crippen LogP contribution in [0.2, 0.25) is 0 Å². The van der Waals surface area contributed by atoms with Gasteiger partial charge in [-0.05, 0) is 24.8 Å². The highest BCUT2D eigenvalue weighted by Gasteiger charge is 2.44. The lowest BCUT2D eigenvalue weighted by Crippen LogP contribution is -2.51. The van der Waals surface area contributed by atoms with Crippen LogP contribution in [-0.2, 0) is 26.3 Å². The van der Waals surface area contributed by atoms with Crippen molar-refractivity contribution in [3.05, 3.63) is 47.8 Å². The van der Waals surface area contributed by atoms with Crippen molar-refractivity contribution < 1.29 is 14.3 Å². The highest BCUT2D eigenvalue weighted by Crippen LogP contribution is 2.41. The lowest BCUT2D eigenvalue weighted by atomic mass is 9.83. The zero-order valence-corrected chi connectivity index (χ0v) is 17.6. The summed E-state index contributed by atoms with van der Waals surface area (Å²) >= 11 is 0. The van der Waals surface area contributed by atoms with Crippen LogP contribution in [0.25, 0.3) is 11.4 Å². The van der Waals surface area contributed by atoms with Crippen molar-refractivity contribution in [2.24, 2.45) is 5.10 Å². The summed E-state index contributed by atoms with van der Waals surface area (Å²) in [4.78, 5) is 35.9. The molecule has 2 amide bonds. The summed E-state index contributed by atoms with van der Waals surface area (Å²) in [6.07, 6.45) is 4.81. The second kappa shape index (κ2) is 7.85. The summed E-state index contributed by atoms with van der Waals surface area (Å²) in [6, 6.07) is 9.95. The van der Waals surface area contributed by atoms with E-state index in [2.05, 4.69) is 10.1 Å². The van der Waals surface area contributed by atoms with Crippen molar-refractivity contribution in [2.75, 3.05) is 26.7 Å². The first-order chi connectivity index (χ1) is 15.1. The van der Waals surface area contributed by atoms with E-state index in [0.29, 0.717) is 56.9 Å². The van der Waals surface area contributed by atoms with E-state index in [1.807, 2.05) is 41.4 Å². The number of carbonyl (C=O) groups excluding carboxylic acids is 2. The second-order valence-electron chi connectivity index (χ2n) is 8.28. The van der Waals surface area contributed by atoms with Crippen LogP contribution in [0.3, 0.4) is 0 Å². The summed E-state index contributed by atoms with van der Waals surface area (Å²) in [5.74, 6) is 0.556.